The number of thioether (sulfide) groups is 1. The number of allylic oxidation sites excluding steroid dienone is 1. The maximum atomic E-state index is 13.4. The van der Waals surface area contributed by atoms with Crippen LogP contribution in [0.1, 0.15) is 16.7 Å². The van der Waals surface area contributed by atoms with Gasteiger partial charge in [-0.25, -0.2) is 4.98 Å². The average molecular weight is 463 g/mol. The first-order chi connectivity index (χ1) is 15.5. The zero-order valence-electron chi connectivity index (χ0n) is 18.6. The zero-order valence-corrected chi connectivity index (χ0v) is 20.2. The highest BCUT2D eigenvalue weighted by atomic mass is 32.2. The third-order valence-corrected chi connectivity index (χ3v) is 7.06. The molecule has 0 radical (unpaired) electrons. The molecular weight excluding hydrogens is 436 g/mol. The zero-order chi connectivity index (χ0) is 22.7. The molecule has 164 valence electrons. The largest absolute Gasteiger partial charge is 0.492 e. The van der Waals surface area contributed by atoms with Crippen LogP contribution >= 0.6 is 23.1 Å². The summed E-state index contributed by atoms with van der Waals surface area (Å²) in [5.41, 5.74) is 5.43. The maximum absolute atomic E-state index is 13.4. The van der Waals surface area contributed by atoms with Crippen molar-refractivity contribution < 1.29 is 4.74 Å². The molecular formula is C26H26N2O2S2. The van der Waals surface area contributed by atoms with Gasteiger partial charge >= 0.3 is 0 Å². The number of hydrogen-bond donors (Lipinski definition) is 0. The van der Waals surface area contributed by atoms with Crippen molar-refractivity contribution in [1.82, 2.24) is 9.55 Å². The van der Waals surface area contributed by atoms with E-state index >= 15 is 0 Å². The Hall–Kier alpha value is -2.83. The van der Waals surface area contributed by atoms with Gasteiger partial charge in [0.05, 0.1) is 12.0 Å². The summed E-state index contributed by atoms with van der Waals surface area (Å²) >= 11 is 3.05. The van der Waals surface area contributed by atoms with E-state index in [9.17, 15) is 4.79 Å². The van der Waals surface area contributed by atoms with E-state index in [-0.39, 0.29) is 5.56 Å². The topological polar surface area (TPSA) is 44.1 Å². The van der Waals surface area contributed by atoms with Gasteiger partial charge in [-0.1, -0.05) is 59.8 Å². The van der Waals surface area contributed by atoms with Gasteiger partial charge in [0, 0.05) is 23.2 Å². The van der Waals surface area contributed by atoms with Gasteiger partial charge in [-0.2, -0.15) is 0 Å². The number of fused-ring (bicyclic) bond motifs is 1. The van der Waals surface area contributed by atoms with Gasteiger partial charge in [0.25, 0.3) is 5.56 Å². The Morgan fingerprint density at radius 1 is 1.12 bits per heavy atom. The molecule has 4 aromatic rings. The number of benzene rings is 2. The van der Waals surface area contributed by atoms with Gasteiger partial charge in [-0.3, -0.25) is 9.36 Å². The molecule has 4 rings (SSSR count). The van der Waals surface area contributed by atoms with E-state index in [2.05, 4.69) is 62.9 Å². The lowest BCUT2D eigenvalue weighted by Crippen LogP contribution is -2.23. The number of hydrogen-bond acceptors (Lipinski definition) is 5. The SMILES string of the molecule is C=CCn1c(SCCOc2cc(C)ccc2C)nc2scc(-c3ccc(C)cc3)c2c1=O. The van der Waals surface area contributed by atoms with E-state index in [0.717, 1.165) is 27.3 Å². The molecule has 2 aromatic heterocycles. The Labute approximate surface area is 196 Å². The van der Waals surface area contributed by atoms with Gasteiger partial charge < -0.3 is 4.74 Å². The first-order valence-electron chi connectivity index (χ1n) is 10.5. The fraction of sp³-hybridized carbons (Fsp3) is 0.231. The van der Waals surface area contributed by atoms with Crippen LogP contribution in [0.15, 0.2) is 70.5 Å². The Kier molecular flexibility index (Phi) is 6.82. The van der Waals surface area contributed by atoms with Gasteiger partial charge in [0.15, 0.2) is 5.16 Å². The smallest absolute Gasteiger partial charge is 0.263 e. The van der Waals surface area contributed by atoms with Crippen molar-refractivity contribution in [2.24, 2.45) is 0 Å². The molecule has 0 aliphatic heterocycles. The van der Waals surface area contributed by atoms with Crippen LogP contribution in [-0.4, -0.2) is 21.9 Å². The van der Waals surface area contributed by atoms with Crippen molar-refractivity contribution in [3.8, 4) is 16.9 Å². The highest BCUT2D eigenvalue weighted by Gasteiger charge is 2.17. The van der Waals surface area contributed by atoms with E-state index in [0.29, 0.717) is 29.4 Å². The second-order valence-corrected chi connectivity index (χ2v) is 9.68. The highest BCUT2D eigenvalue weighted by Crippen LogP contribution is 2.32. The summed E-state index contributed by atoms with van der Waals surface area (Å²) in [4.78, 5) is 19.0. The molecule has 32 heavy (non-hydrogen) atoms. The predicted octanol–water partition coefficient (Wildman–Crippen LogP) is 6.41. The number of ether oxygens (including phenoxy) is 1. The minimum absolute atomic E-state index is 0.0235. The van der Waals surface area contributed by atoms with E-state index in [4.69, 9.17) is 9.72 Å². The molecule has 0 amide bonds. The summed E-state index contributed by atoms with van der Waals surface area (Å²) in [5, 5.41) is 3.40. The molecule has 2 aromatic carbocycles. The Balaban J connectivity index is 1.59. The van der Waals surface area contributed by atoms with Crippen LogP contribution in [0.5, 0.6) is 5.75 Å². The lowest BCUT2D eigenvalue weighted by Gasteiger charge is -2.12. The van der Waals surface area contributed by atoms with Crippen molar-refractivity contribution in [2.75, 3.05) is 12.4 Å². The monoisotopic (exact) mass is 462 g/mol. The number of nitrogens with zero attached hydrogens (tertiary/aromatic N) is 2. The molecule has 0 bridgehead atoms. The van der Waals surface area contributed by atoms with Crippen LogP contribution in [0, 0.1) is 20.8 Å². The standard InChI is InChI=1S/C26H26N2O2S2/c1-5-12-28-25(29)23-21(20-10-7-17(2)8-11-20)16-32-24(23)27-26(28)31-14-13-30-22-15-18(3)6-9-19(22)4/h5-11,15-16H,1,12-14H2,2-4H3. The predicted molar refractivity (Wildman–Crippen MR) is 136 cm³/mol. The number of aryl methyl sites for hydroxylation is 3. The normalized spacial score (nSPS) is 11.1. The van der Waals surface area contributed by atoms with E-state index in [1.165, 1.54) is 34.2 Å². The van der Waals surface area contributed by atoms with Crippen LogP contribution in [0.2, 0.25) is 0 Å². The Morgan fingerprint density at radius 3 is 2.62 bits per heavy atom. The van der Waals surface area contributed by atoms with Crippen molar-refractivity contribution in [3.05, 3.63) is 87.5 Å². The molecule has 0 saturated heterocycles. The Bertz CT molecular complexity index is 1320. The second kappa shape index (κ2) is 9.76. The van der Waals surface area contributed by atoms with Crippen LogP contribution in [0.4, 0.5) is 0 Å². The molecule has 2 heterocycles. The first-order valence-corrected chi connectivity index (χ1v) is 12.4. The molecule has 0 fully saturated rings. The lowest BCUT2D eigenvalue weighted by atomic mass is 10.1. The van der Waals surface area contributed by atoms with E-state index < -0.39 is 0 Å². The third kappa shape index (κ3) is 4.66. The van der Waals surface area contributed by atoms with Crippen LogP contribution in [0.3, 0.4) is 0 Å². The molecule has 0 aliphatic carbocycles. The Morgan fingerprint density at radius 2 is 1.88 bits per heavy atom. The fourth-order valence-electron chi connectivity index (χ4n) is 3.50. The molecule has 6 heteroatoms. The fourth-order valence-corrected chi connectivity index (χ4v) is 5.31. The van der Waals surface area contributed by atoms with E-state index in [1.807, 2.05) is 12.3 Å². The minimum atomic E-state index is -0.0235. The van der Waals surface area contributed by atoms with Crippen molar-refractivity contribution in [2.45, 2.75) is 32.5 Å². The van der Waals surface area contributed by atoms with Crippen LogP contribution < -0.4 is 10.3 Å². The number of thiophene rings is 1. The summed E-state index contributed by atoms with van der Waals surface area (Å²) in [6.45, 7) is 10.9. The molecule has 0 saturated carbocycles. The molecule has 0 aliphatic rings. The van der Waals surface area contributed by atoms with Gasteiger partial charge in [-0.15, -0.1) is 17.9 Å². The summed E-state index contributed by atoms with van der Waals surface area (Å²) in [5.74, 6) is 1.59. The molecule has 0 N–H and O–H groups in total. The summed E-state index contributed by atoms with van der Waals surface area (Å²) in [6, 6.07) is 14.4. The molecule has 4 nitrogen and oxygen atoms in total. The number of rotatable bonds is 8. The number of aromatic nitrogens is 2. The summed E-state index contributed by atoms with van der Waals surface area (Å²) in [7, 11) is 0. The molecule has 0 spiro atoms. The van der Waals surface area contributed by atoms with Crippen LogP contribution in [0.25, 0.3) is 21.3 Å². The van der Waals surface area contributed by atoms with Crippen LogP contribution in [-0.2, 0) is 6.54 Å². The summed E-state index contributed by atoms with van der Waals surface area (Å²) in [6.07, 6.45) is 1.74. The van der Waals surface area contributed by atoms with Gasteiger partial charge in [0.2, 0.25) is 0 Å². The van der Waals surface area contributed by atoms with Crippen molar-refractivity contribution in [3.63, 3.8) is 0 Å². The maximum Gasteiger partial charge on any atom is 0.263 e. The first kappa shape index (κ1) is 22.4. The third-order valence-electron chi connectivity index (χ3n) is 5.25. The second-order valence-electron chi connectivity index (χ2n) is 7.76. The van der Waals surface area contributed by atoms with Crippen molar-refractivity contribution in [1.29, 1.82) is 0 Å². The van der Waals surface area contributed by atoms with Crippen molar-refractivity contribution >= 4 is 33.3 Å². The average Bonchev–Trinajstić information content (AvgIpc) is 3.20. The van der Waals surface area contributed by atoms with E-state index in [1.54, 1.807) is 10.6 Å². The highest BCUT2D eigenvalue weighted by molar-refractivity contribution is 7.99. The van der Waals surface area contributed by atoms with Gasteiger partial charge in [0.1, 0.15) is 10.6 Å². The minimum Gasteiger partial charge on any atom is -0.492 e. The quantitative estimate of drug-likeness (QED) is 0.131. The lowest BCUT2D eigenvalue weighted by molar-refractivity contribution is 0.341. The molecule has 0 unspecified atom stereocenters. The van der Waals surface area contributed by atoms with Gasteiger partial charge in [-0.05, 0) is 43.5 Å². The molecule has 0 atom stereocenters. The summed E-state index contributed by atoms with van der Waals surface area (Å²) < 4.78 is 7.69.